The second kappa shape index (κ2) is 7.65. The van der Waals surface area contributed by atoms with E-state index in [9.17, 15) is 9.18 Å². The highest BCUT2D eigenvalue weighted by Gasteiger charge is 2.27. The molecule has 27 heavy (non-hydrogen) atoms. The normalized spacial score (nSPS) is 17.1. The largest absolute Gasteiger partial charge is 0.342 e. The highest BCUT2D eigenvalue weighted by Crippen LogP contribution is 2.26. The van der Waals surface area contributed by atoms with Crippen molar-refractivity contribution in [2.45, 2.75) is 25.2 Å². The van der Waals surface area contributed by atoms with E-state index in [0.717, 1.165) is 36.3 Å². The first-order valence-corrected chi connectivity index (χ1v) is 9.04. The lowest BCUT2D eigenvalue weighted by atomic mass is 9.96. The molecular formula is C20H20FN5O. The summed E-state index contributed by atoms with van der Waals surface area (Å²) in [7, 11) is 0. The Hall–Kier alpha value is -3.09. The number of amides is 1. The van der Waals surface area contributed by atoms with Crippen LogP contribution in [-0.2, 0) is 11.2 Å². The number of nitrogens with zero attached hydrogens (tertiary/aromatic N) is 4. The van der Waals surface area contributed by atoms with Crippen molar-refractivity contribution < 1.29 is 9.18 Å². The van der Waals surface area contributed by atoms with Gasteiger partial charge in [-0.2, -0.15) is 5.10 Å². The van der Waals surface area contributed by atoms with Gasteiger partial charge in [-0.3, -0.25) is 14.9 Å². The molecule has 4 rings (SSSR count). The molecule has 1 aliphatic heterocycles. The molecule has 1 atom stereocenters. The molecule has 0 spiro atoms. The second-order valence-corrected chi connectivity index (χ2v) is 6.77. The predicted octanol–water partition coefficient (Wildman–Crippen LogP) is 2.95. The number of carbonyl (C=O) groups excluding carboxylic acids is 1. The molecule has 1 N–H and O–H groups in total. The van der Waals surface area contributed by atoms with E-state index in [1.165, 1.54) is 12.1 Å². The summed E-state index contributed by atoms with van der Waals surface area (Å²) in [4.78, 5) is 23.2. The number of halogens is 1. The fourth-order valence-electron chi connectivity index (χ4n) is 3.40. The van der Waals surface area contributed by atoms with Crippen molar-refractivity contribution in [3.8, 4) is 11.4 Å². The van der Waals surface area contributed by atoms with Crippen molar-refractivity contribution in [2.75, 3.05) is 13.1 Å². The van der Waals surface area contributed by atoms with E-state index in [-0.39, 0.29) is 24.1 Å². The van der Waals surface area contributed by atoms with Crippen LogP contribution in [0.15, 0.2) is 48.8 Å². The zero-order valence-corrected chi connectivity index (χ0v) is 14.8. The molecule has 138 valence electrons. The van der Waals surface area contributed by atoms with Gasteiger partial charge in [0.05, 0.1) is 6.42 Å². The highest BCUT2D eigenvalue weighted by molar-refractivity contribution is 5.79. The highest BCUT2D eigenvalue weighted by atomic mass is 19.1. The number of nitrogens with one attached hydrogen (secondary N) is 1. The Morgan fingerprint density at radius 1 is 1.26 bits per heavy atom. The quantitative estimate of drug-likeness (QED) is 0.771. The van der Waals surface area contributed by atoms with Crippen molar-refractivity contribution in [2.24, 2.45) is 0 Å². The number of likely N-dealkylation sites (tertiary alicyclic amines) is 1. The van der Waals surface area contributed by atoms with Crippen LogP contribution in [0.4, 0.5) is 4.39 Å². The zero-order valence-electron chi connectivity index (χ0n) is 14.8. The smallest absolute Gasteiger partial charge is 0.227 e. The average Bonchev–Trinajstić information content (AvgIpc) is 3.21. The van der Waals surface area contributed by atoms with Gasteiger partial charge >= 0.3 is 0 Å². The minimum atomic E-state index is -0.293. The van der Waals surface area contributed by atoms with Gasteiger partial charge in [0.25, 0.3) is 0 Å². The lowest BCUT2D eigenvalue weighted by molar-refractivity contribution is -0.131. The van der Waals surface area contributed by atoms with E-state index in [0.29, 0.717) is 12.4 Å². The van der Waals surface area contributed by atoms with Crippen LogP contribution in [0.25, 0.3) is 11.4 Å². The molecule has 3 heterocycles. The van der Waals surface area contributed by atoms with Crippen LogP contribution in [0.3, 0.4) is 0 Å². The van der Waals surface area contributed by atoms with Gasteiger partial charge in [0.1, 0.15) is 11.6 Å². The van der Waals surface area contributed by atoms with Crippen LogP contribution >= 0.6 is 0 Å². The van der Waals surface area contributed by atoms with E-state index in [1.807, 2.05) is 17.0 Å². The number of carbonyl (C=O) groups is 1. The summed E-state index contributed by atoms with van der Waals surface area (Å²) < 4.78 is 13.0. The van der Waals surface area contributed by atoms with E-state index in [1.54, 1.807) is 24.5 Å². The number of piperidine rings is 1. The maximum atomic E-state index is 13.0. The van der Waals surface area contributed by atoms with Crippen LogP contribution in [0, 0.1) is 5.82 Å². The van der Waals surface area contributed by atoms with Crippen LogP contribution < -0.4 is 0 Å². The fraction of sp³-hybridized carbons (Fsp3) is 0.300. The maximum absolute atomic E-state index is 13.0. The van der Waals surface area contributed by atoms with Gasteiger partial charge in [-0.25, -0.2) is 9.37 Å². The standard InChI is InChI=1S/C20H20FN5O/c21-17-7-5-14(6-8-17)11-18(27)26-10-2-4-16(13-26)20-23-19(24-25-20)15-3-1-9-22-12-15/h1,3,5-9,12,16H,2,4,10-11,13H2,(H,23,24,25)/t16-/m1/s1. The molecule has 1 amide bonds. The van der Waals surface area contributed by atoms with E-state index >= 15 is 0 Å². The molecule has 0 saturated carbocycles. The summed E-state index contributed by atoms with van der Waals surface area (Å²) in [6, 6.07) is 9.85. The first-order valence-electron chi connectivity index (χ1n) is 9.04. The first-order chi connectivity index (χ1) is 13.2. The lowest BCUT2D eigenvalue weighted by Crippen LogP contribution is -2.40. The van der Waals surface area contributed by atoms with Crippen LogP contribution in [0.5, 0.6) is 0 Å². The Kier molecular flexibility index (Phi) is 4.91. The van der Waals surface area contributed by atoms with Gasteiger partial charge in [0.2, 0.25) is 5.91 Å². The third-order valence-electron chi connectivity index (χ3n) is 4.85. The number of hydrogen-bond donors (Lipinski definition) is 1. The third kappa shape index (κ3) is 4.02. The minimum Gasteiger partial charge on any atom is -0.342 e. The molecule has 0 aliphatic carbocycles. The Morgan fingerprint density at radius 2 is 2.11 bits per heavy atom. The predicted molar refractivity (Wildman–Crippen MR) is 98.3 cm³/mol. The monoisotopic (exact) mass is 365 g/mol. The van der Waals surface area contributed by atoms with E-state index in [2.05, 4.69) is 20.2 Å². The molecule has 6 nitrogen and oxygen atoms in total. The summed E-state index contributed by atoms with van der Waals surface area (Å²) in [6.45, 7) is 1.35. The second-order valence-electron chi connectivity index (χ2n) is 6.77. The van der Waals surface area contributed by atoms with Crippen molar-refractivity contribution in [1.82, 2.24) is 25.1 Å². The number of pyridine rings is 1. The number of aromatic nitrogens is 4. The third-order valence-corrected chi connectivity index (χ3v) is 4.85. The number of rotatable bonds is 4. The van der Waals surface area contributed by atoms with Crippen molar-refractivity contribution in [3.63, 3.8) is 0 Å². The molecule has 1 aromatic carbocycles. The zero-order chi connectivity index (χ0) is 18.6. The maximum Gasteiger partial charge on any atom is 0.227 e. The van der Waals surface area contributed by atoms with Gasteiger partial charge in [-0.05, 0) is 42.7 Å². The summed E-state index contributed by atoms with van der Waals surface area (Å²) in [6.07, 6.45) is 5.60. The van der Waals surface area contributed by atoms with Crippen LogP contribution in [0.1, 0.15) is 30.1 Å². The molecule has 1 saturated heterocycles. The number of H-pyrrole nitrogens is 1. The van der Waals surface area contributed by atoms with Crippen molar-refractivity contribution >= 4 is 5.91 Å². The van der Waals surface area contributed by atoms with Gasteiger partial charge in [-0.1, -0.05) is 12.1 Å². The molecule has 0 radical (unpaired) electrons. The Morgan fingerprint density at radius 3 is 2.89 bits per heavy atom. The summed E-state index contributed by atoms with van der Waals surface area (Å²) in [5.41, 5.74) is 1.68. The molecular weight excluding hydrogens is 345 g/mol. The summed E-state index contributed by atoms with van der Waals surface area (Å²) >= 11 is 0. The van der Waals surface area contributed by atoms with Gasteiger partial charge < -0.3 is 4.90 Å². The SMILES string of the molecule is O=C(Cc1ccc(F)cc1)N1CCC[C@@H](c2nc(-c3cccnc3)n[nH]2)C1. The fourth-order valence-corrected chi connectivity index (χ4v) is 3.40. The summed E-state index contributed by atoms with van der Waals surface area (Å²) in [5.74, 6) is 1.31. The van der Waals surface area contributed by atoms with E-state index < -0.39 is 0 Å². The molecule has 1 aliphatic rings. The molecule has 2 aromatic heterocycles. The Labute approximate surface area is 156 Å². The van der Waals surface area contributed by atoms with Crippen molar-refractivity contribution in [1.29, 1.82) is 0 Å². The molecule has 1 fully saturated rings. The molecule has 0 unspecified atom stereocenters. The van der Waals surface area contributed by atoms with Crippen molar-refractivity contribution in [3.05, 3.63) is 66.0 Å². The topological polar surface area (TPSA) is 74.8 Å². The Balaban J connectivity index is 1.43. The van der Waals surface area contributed by atoms with Crippen LogP contribution in [0.2, 0.25) is 0 Å². The molecule has 7 heteroatoms. The number of aromatic amines is 1. The van der Waals surface area contributed by atoms with Gasteiger partial charge in [0, 0.05) is 37.0 Å². The number of hydrogen-bond acceptors (Lipinski definition) is 4. The van der Waals surface area contributed by atoms with Gasteiger partial charge in [-0.15, -0.1) is 0 Å². The number of benzene rings is 1. The Bertz CT molecular complexity index is 910. The molecule has 3 aromatic rings. The van der Waals surface area contributed by atoms with E-state index in [4.69, 9.17) is 0 Å². The lowest BCUT2D eigenvalue weighted by Gasteiger charge is -2.31. The summed E-state index contributed by atoms with van der Waals surface area (Å²) in [5, 5.41) is 7.31. The molecule has 0 bridgehead atoms. The van der Waals surface area contributed by atoms with Gasteiger partial charge in [0.15, 0.2) is 5.82 Å². The average molecular weight is 365 g/mol. The minimum absolute atomic E-state index is 0.0540. The van der Waals surface area contributed by atoms with Crippen LogP contribution in [-0.4, -0.2) is 44.1 Å². The first kappa shape index (κ1) is 17.3.